The molecule has 0 aliphatic carbocycles. The number of hydrogen-bond donors (Lipinski definition) is 1. The van der Waals surface area contributed by atoms with E-state index in [-0.39, 0.29) is 0 Å². The van der Waals surface area contributed by atoms with E-state index in [4.69, 9.17) is 0 Å². The van der Waals surface area contributed by atoms with E-state index in [1.165, 1.54) is 23.9 Å². The SMILES string of the molecule is CNCc1cccnc1Sc1ccc(F)cc1F. The largest absolute Gasteiger partial charge is 0.316 e. The third-order valence-corrected chi connectivity index (χ3v) is 3.43. The van der Waals surface area contributed by atoms with Gasteiger partial charge in [-0.15, -0.1) is 0 Å². The molecule has 0 saturated carbocycles. The summed E-state index contributed by atoms with van der Waals surface area (Å²) in [5.74, 6) is -1.14. The maximum absolute atomic E-state index is 13.5. The monoisotopic (exact) mass is 266 g/mol. The van der Waals surface area contributed by atoms with Crippen molar-refractivity contribution in [3.8, 4) is 0 Å². The molecule has 0 radical (unpaired) electrons. The Kier molecular flexibility index (Phi) is 4.28. The van der Waals surface area contributed by atoms with Gasteiger partial charge in [0.15, 0.2) is 0 Å². The third-order valence-electron chi connectivity index (χ3n) is 2.32. The van der Waals surface area contributed by atoms with Crippen molar-refractivity contribution in [2.75, 3.05) is 7.05 Å². The highest BCUT2D eigenvalue weighted by molar-refractivity contribution is 7.99. The predicted octanol–water partition coefficient (Wildman–Crippen LogP) is 3.23. The number of nitrogens with zero attached hydrogens (tertiary/aromatic N) is 1. The van der Waals surface area contributed by atoms with Gasteiger partial charge >= 0.3 is 0 Å². The maximum atomic E-state index is 13.5. The Morgan fingerprint density at radius 1 is 1.28 bits per heavy atom. The normalized spacial score (nSPS) is 10.6. The smallest absolute Gasteiger partial charge is 0.140 e. The standard InChI is InChI=1S/C13H12F2N2S/c1-16-8-9-3-2-6-17-13(9)18-12-5-4-10(14)7-11(12)15/h2-7,16H,8H2,1H3. The molecule has 2 aromatic rings. The number of hydrogen-bond acceptors (Lipinski definition) is 3. The van der Waals surface area contributed by atoms with Crippen LogP contribution in [0, 0.1) is 11.6 Å². The van der Waals surface area contributed by atoms with Gasteiger partial charge in [0.2, 0.25) is 0 Å². The lowest BCUT2D eigenvalue weighted by Gasteiger charge is -2.08. The molecule has 5 heteroatoms. The molecule has 1 aromatic carbocycles. The van der Waals surface area contributed by atoms with Crippen molar-refractivity contribution < 1.29 is 8.78 Å². The summed E-state index contributed by atoms with van der Waals surface area (Å²) in [6.45, 7) is 0.652. The first-order valence-corrected chi connectivity index (χ1v) is 6.23. The zero-order chi connectivity index (χ0) is 13.0. The fraction of sp³-hybridized carbons (Fsp3) is 0.154. The summed E-state index contributed by atoms with van der Waals surface area (Å²) in [6, 6.07) is 7.30. The van der Waals surface area contributed by atoms with Crippen molar-refractivity contribution in [3.05, 3.63) is 53.7 Å². The van der Waals surface area contributed by atoms with E-state index in [0.717, 1.165) is 16.7 Å². The first-order chi connectivity index (χ1) is 8.70. The molecule has 1 aromatic heterocycles. The van der Waals surface area contributed by atoms with E-state index < -0.39 is 11.6 Å². The highest BCUT2D eigenvalue weighted by Crippen LogP contribution is 2.30. The van der Waals surface area contributed by atoms with Gasteiger partial charge in [-0.05, 0) is 30.8 Å². The Labute approximate surface area is 108 Å². The van der Waals surface area contributed by atoms with Crippen molar-refractivity contribution in [2.45, 2.75) is 16.5 Å². The Morgan fingerprint density at radius 3 is 2.83 bits per heavy atom. The van der Waals surface area contributed by atoms with Crippen molar-refractivity contribution in [1.82, 2.24) is 10.3 Å². The van der Waals surface area contributed by atoms with E-state index in [0.29, 0.717) is 11.4 Å². The summed E-state index contributed by atoms with van der Waals surface area (Å²) >= 11 is 1.20. The van der Waals surface area contributed by atoms with Crippen LogP contribution in [-0.2, 0) is 6.54 Å². The quantitative estimate of drug-likeness (QED) is 0.919. The van der Waals surface area contributed by atoms with Gasteiger partial charge in [-0.25, -0.2) is 13.8 Å². The van der Waals surface area contributed by atoms with E-state index in [9.17, 15) is 8.78 Å². The predicted molar refractivity (Wildman–Crippen MR) is 67.5 cm³/mol. The number of halogens is 2. The number of pyridine rings is 1. The molecule has 0 aliphatic heterocycles. The maximum Gasteiger partial charge on any atom is 0.140 e. The van der Waals surface area contributed by atoms with Crippen LogP contribution in [0.4, 0.5) is 8.78 Å². The molecule has 0 fully saturated rings. The summed E-state index contributed by atoms with van der Waals surface area (Å²) < 4.78 is 26.4. The average molecular weight is 266 g/mol. The van der Waals surface area contributed by atoms with Crippen molar-refractivity contribution >= 4 is 11.8 Å². The van der Waals surface area contributed by atoms with Crippen LogP contribution in [0.15, 0.2) is 46.5 Å². The molecule has 0 saturated heterocycles. The van der Waals surface area contributed by atoms with Gasteiger partial charge in [0.25, 0.3) is 0 Å². The fourth-order valence-electron chi connectivity index (χ4n) is 1.50. The highest BCUT2D eigenvalue weighted by atomic mass is 32.2. The van der Waals surface area contributed by atoms with Crippen LogP contribution in [0.2, 0.25) is 0 Å². The third kappa shape index (κ3) is 3.05. The highest BCUT2D eigenvalue weighted by Gasteiger charge is 2.09. The first kappa shape index (κ1) is 13.0. The Morgan fingerprint density at radius 2 is 2.11 bits per heavy atom. The van der Waals surface area contributed by atoms with Gasteiger partial charge in [-0.3, -0.25) is 0 Å². The second kappa shape index (κ2) is 5.93. The molecule has 0 bridgehead atoms. The minimum atomic E-state index is -0.576. The minimum absolute atomic E-state index is 0.368. The molecule has 0 unspecified atom stereocenters. The molecule has 18 heavy (non-hydrogen) atoms. The topological polar surface area (TPSA) is 24.9 Å². The molecule has 0 atom stereocenters. The second-order valence-corrected chi connectivity index (χ2v) is 4.71. The summed E-state index contributed by atoms with van der Waals surface area (Å²) in [7, 11) is 1.83. The number of rotatable bonds is 4. The average Bonchev–Trinajstić information content (AvgIpc) is 2.35. The molecule has 2 rings (SSSR count). The van der Waals surface area contributed by atoms with Crippen LogP contribution >= 0.6 is 11.8 Å². The van der Waals surface area contributed by atoms with Gasteiger partial charge in [0, 0.05) is 23.7 Å². The fourth-order valence-corrected chi connectivity index (χ4v) is 2.39. The van der Waals surface area contributed by atoms with E-state index >= 15 is 0 Å². The van der Waals surface area contributed by atoms with Gasteiger partial charge < -0.3 is 5.32 Å². The van der Waals surface area contributed by atoms with Crippen LogP contribution in [-0.4, -0.2) is 12.0 Å². The summed E-state index contributed by atoms with van der Waals surface area (Å²) in [5.41, 5.74) is 0.980. The van der Waals surface area contributed by atoms with Crippen LogP contribution in [0.1, 0.15) is 5.56 Å². The molecule has 0 amide bonds. The van der Waals surface area contributed by atoms with Crippen molar-refractivity contribution in [2.24, 2.45) is 0 Å². The zero-order valence-electron chi connectivity index (χ0n) is 9.78. The molecule has 2 nitrogen and oxygen atoms in total. The summed E-state index contributed by atoms with van der Waals surface area (Å²) in [6.07, 6.45) is 1.66. The molecular weight excluding hydrogens is 254 g/mol. The Bertz CT molecular complexity index is 546. The molecular formula is C13H12F2N2S. The van der Waals surface area contributed by atoms with E-state index in [1.807, 2.05) is 19.2 Å². The number of aromatic nitrogens is 1. The lowest BCUT2D eigenvalue weighted by molar-refractivity contribution is 0.565. The zero-order valence-corrected chi connectivity index (χ0v) is 10.6. The van der Waals surface area contributed by atoms with Crippen LogP contribution in [0.5, 0.6) is 0 Å². The van der Waals surface area contributed by atoms with Crippen LogP contribution in [0.25, 0.3) is 0 Å². The summed E-state index contributed by atoms with van der Waals surface area (Å²) in [5, 5.41) is 3.75. The number of benzene rings is 1. The lowest BCUT2D eigenvalue weighted by atomic mass is 10.3. The first-order valence-electron chi connectivity index (χ1n) is 5.42. The van der Waals surface area contributed by atoms with E-state index in [2.05, 4.69) is 10.3 Å². The molecule has 1 N–H and O–H groups in total. The molecule has 0 spiro atoms. The Hall–Kier alpha value is -1.46. The Balaban J connectivity index is 2.28. The van der Waals surface area contributed by atoms with Gasteiger partial charge in [0.1, 0.15) is 16.7 Å². The lowest BCUT2D eigenvalue weighted by Crippen LogP contribution is -2.06. The van der Waals surface area contributed by atoms with Crippen molar-refractivity contribution in [1.29, 1.82) is 0 Å². The summed E-state index contributed by atoms with van der Waals surface area (Å²) in [4.78, 5) is 4.59. The van der Waals surface area contributed by atoms with E-state index in [1.54, 1.807) is 6.20 Å². The van der Waals surface area contributed by atoms with Crippen LogP contribution in [0.3, 0.4) is 0 Å². The molecule has 0 aliphatic rings. The molecule has 94 valence electrons. The molecule has 1 heterocycles. The minimum Gasteiger partial charge on any atom is -0.316 e. The van der Waals surface area contributed by atoms with Crippen LogP contribution < -0.4 is 5.32 Å². The van der Waals surface area contributed by atoms with Gasteiger partial charge in [-0.2, -0.15) is 0 Å². The van der Waals surface area contributed by atoms with Crippen molar-refractivity contribution in [3.63, 3.8) is 0 Å². The number of nitrogens with one attached hydrogen (secondary N) is 1. The second-order valence-electron chi connectivity index (χ2n) is 3.67. The van der Waals surface area contributed by atoms with Gasteiger partial charge in [0.05, 0.1) is 0 Å². The van der Waals surface area contributed by atoms with Gasteiger partial charge in [-0.1, -0.05) is 17.8 Å².